The number of aliphatic imine (C=N–C) groups is 1. The molecular weight excluding hydrogens is 493 g/mol. The zero-order valence-electron chi connectivity index (χ0n) is 19.6. The molecule has 1 aromatic heterocycles. The third-order valence-corrected chi connectivity index (χ3v) is 4.65. The second kappa shape index (κ2) is 15.4. The number of carbonyl (C=O) groups is 1. The van der Waals surface area contributed by atoms with Crippen LogP contribution in [-0.4, -0.2) is 51.8 Å². The number of halogens is 1. The number of hydrogen-bond donors (Lipinski definition) is 3. The van der Waals surface area contributed by atoms with Crippen LogP contribution in [0.2, 0.25) is 0 Å². The van der Waals surface area contributed by atoms with Crippen LogP contribution in [0.3, 0.4) is 0 Å². The highest BCUT2D eigenvalue weighted by Crippen LogP contribution is 2.11. The fourth-order valence-corrected chi connectivity index (χ4v) is 3.00. The molecule has 1 aromatic rings. The van der Waals surface area contributed by atoms with Gasteiger partial charge in [-0.05, 0) is 33.1 Å². The van der Waals surface area contributed by atoms with E-state index in [1.807, 2.05) is 25.3 Å². The summed E-state index contributed by atoms with van der Waals surface area (Å²) in [6, 6.07) is 0. The Morgan fingerprint density at radius 1 is 1.23 bits per heavy atom. The topological polar surface area (TPSA) is 96.2 Å². The Morgan fingerprint density at radius 2 is 1.97 bits per heavy atom. The summed E-state index contributed by atoms with van der Waals surface area (Å²) in [4.78, 5) is 16.6. The molecule has 174 valence electrons. The van der Waals surface area contributed by atoms with Crippen LogP contribution in [0.5, 0.6) is 0 Å². The van der Waals surface area contributed by atoms with Crippen molar-refractivity contribution >= 4 is 35.8 Å². The normalized spacial score (nSPS) is 12.8. The smallest absolute Gasteiger partial charge is 0.242 e. The maximum absolute atomic E-state index is 12.1. The molecule has 0 saturated carbocycles. The number of amides is 1. The highest BCUT2D eigenvalue weighted by Gasteiger charge is 2.14. The van der Waals surface area contributed by atoms with Crippen molar-refractivity contribution in [3.63, 3.8) is 0 Å². The summed E-state index contributed by atoms with van der Waals surface area (Å²) < 4.78 is 2.03. The third-order valence-electron chi connectivity index (χ3n) is 4.65. The predicted molar refractivity (Wildman–Crippen MR) is 134 cm³/mol. The highest BCUT2D eigenvalue weighted by molar-refractivity contribution is 14.0. The number of rotatable bonds is 12. The Balaban J connectivity index is 0.00000841. The van der Waals surface area contributed by atoms with Crippen molar-refractivity contribution in [2.45, 2.75) is 85.7 Å². The Hall–Kier alpha value is -1.39. The van der Waals surface area contributed by atoms with Crippen LogP contribution in [-0.2, 0) is 17.8 Å². The van der Waals surface area contributed by atoms with E-state index in [1.165, 1.54) is 19.3 Å². The zero-order chi connectivity index (χ0) is 21.7. The van der Waals surface area contributed by atoms with Gasteiger partial charge in [0.2, 0.25) is 5.91 Å². The lowest BCUT2D eigenvalue weighted by atomic mass is 9.99. The van der Waals surface area contributed by atoms with Gasteiger partial charge in [0.15, 0.2) is 5.96 Å². The summed E-state index contributed by atoms with van der Waals surface area (Å²) in [6.07, 6.45) is 7.38. The Kier molecular flexibility index (Phi) is 14.7. The van der Waals surface area contributed by atoms with Gasteiger partial charge in [-0.25, -0.2) is 4.99 Å². The monoisotopic (exact) mass is 535 g/mol. The first-order valence-electron chi connectivity index (χ1n) is 11.0. The average molecular weight is 536 g/mol. The molecule has 0 aliphatic carbocycles. The molecule has 1 unspecified atom stereocenters. The third kappa shape index (κ3) is 12.3. The molecule has 0 radical (unpaired) electrons. The molecule has 0 aliphatic rings. The molecule has 30 heavy (non-hydrogen) atoms. The van der Waals surface area contributed by atoms with E-state index in [9.17, 15) is 4.79 Å². The minimum atomic E-state index is -0.258. The van der Waals surface area contributed by atoms with Gasteiger partial charge >= 0.3 is 0 Å². The maximum Gasteiger partial charge on any atom is 0.242 e. The molecule has 9 heteroatoms. The van der Waals surface area contributed by atoms with Gasteiger partial charge in [0.1, 0.15) is 18.7 Å². The second-order valence-corrected chi connectivity index (χ2v) is 8.48. The molecular formula is C21H42IN7O. The number of nitrogens with one attached hydrogen (secondary N) is 3. The molecule has 0 bridgehead atoms. The molecule has 0 aliphatic heterocycles. The fourth-order valence-electron chi connectivity index (χ4n) is 3.00. The summed E-state index contributed by atoms with van der Waals surface area (Å²) in [5, 5.41) is 17.8. The molecule has 1 heterocycles. The maximum atomic E-state index is 12.1. The van der Waals surface area contributed by atoms with Gasteiger partial charge < -0.3 is 20.5 Å². The van der Waals surface area contributed by atoms with Crippen molar-refractivity contribution in [1.82, 2.24) is 30.7 Å². The fraction of sp³-hybridized carbons (Fsp3) is 0.810. The van der Waals surface area contributed by atoms with E-state index in [2.05, 4.69) is 51.9 Å². The first-order valence-corrected chi connectivity index (χ1v) is 11.0. The molecule has 1 atom stereocenters. The van der Waals surface area contributed by atoms with Gasteiger partial charge in [0, 0.05) is 31.6 Å². The van der Waals surface area contributed by atoms with Crippen LogP contribution in [0, 0.1) is 5.92 Å². The second-order valence-electron chi connectivity index (χ2n) is 8.48. The minimum absolute atomic E-state index is 0. The van der Waals surface area contributed by atoms with Crippen LogP contribution >= 0.6 is 24.0 Å². The molecule has 0 fully saturated rings. The molecule has 3 N–H and O–H groups in total. The quantitative estimate of drug-likeness (QED) is 0.217. The number of guanidine groups is 1. The summed E-state index contributed by atoms with van der Waals surface area (Å²) >= 11 is 0. The van der Waals surface area contributed by atoms with Crippen molar-refractivity contribution in [2.24, 2.45) is 10.9 Å². The highest BCUT2D eigenvalue weighted by atomic mass is 127. The van der Waals surface area contributed by atoms with E-state index in [0.29, 0.717) is 18.4 Å². The zero-order valence-corrected chi connectivity index (χ0v) is 22.0. The van der Waals surface area contributed by atoms with Crippen molar-refractivity contribution in [2.75, 3.05) is 19.6 Å². The first kappa shape index (κ1) is 28.6. The van der Waals surface area contributed by atoms with Gasteiger partial charge in [-0.1, -0.05) is 40.0 Å². The average Bonchev–Trinajstić information content (AvgIpc) is 3.11. The van der Waals surface area contributed by atoms with E-state index in [-0.39, 0.29) is 42.0 Å². The van der Waals surface area contributed by atoms with E-state index in [0.717, 1.165) is 31.8 Å². The largest absolute Gasteiger partial charge is 0.356 e. The minimum Gasteiger partial charge on any atom is -0.356 e. The lowest BCUT2D eigenvalue weighted by Gasteiger charge is -2.21. The molecule has 0 saturated heterocycles. The van der Waals surface area contributed by atoms with Crippen LogP contribution in [0.4, 0.5) is 0 Å². The van der Waals surface area contributed by atoms with Crippen molar-refractivity contribution in [1.29, 1.82) is 0 Å². The number of nitrogens with zero attached hydrogens (tertiary/aromatic N) is 4. The molecule has 0 aromatic carbocycles. The number of hydrogen-bond acceptors (Lipinski definition) is 4. The molecule has 8 nitrogen and oxygen atoms in total. The summed E-state index contributed by atoms with van der Waals surface area (Å²) in [6.45, 7) is 14.8. The Bertz CT molecular complexity index is 625. The van der Waals surface area contributed by atoms with Gasteiger partial charge in [-0.15, -0.1) is 34.2 Å². The Morgan fingerprint density at radius 3 is 2.57 bits per heavy atom. The van der Waals surface area contributed by atoms with Crippen LogP contribution < -0.4 is 16.0 Å². The van der Waals surface area contributed by atoms with E-state index >= 15 is 0 Å². The van der Waals surface area contributed by atoms with E-state index < -0.39 is 0 Å². The number of carbonyl (C=O) groups excluding carboxylic acids is 1. The van der Waals surface area contributed by atoms with Crippen molar-refractivity contribution in [3.05, 3.63) is 12.2 Å². The summed E-state index contributed by atoms with van der Waals surface area (Å²) in [5.74, 6) is 2.17. The van der Waals surface area contributed by atoms with Gasteiger partial charge in [-0.3, -0.25) is 4.79 Å². The van der Waals surface area contributed by atoms with Gasteiger partial charge in [0.05, 0.1) is 0 Å². The number of aromatic nitrogens is 3. The van der Waals surface area contributed by atoms with Crippen LogP contribution in [0.15, 0.2) is 11.3 Å². The van der Waals surface area contributed by atoms with E-state index in [4.69, 9.17) is 0 Å². The van der Waals surface area contributed by atoms with Crippen LogP contribution in [0.1, 0.15) is 73.1 Å². The summed E-state index contributed by atoms with van der Waals surface area (Å²) in [7, 11) is 0. The van der Waals surface area contributed by atoms with Gasteiger partial charge in [-0.2, -0.15) is 0 Å². The molecule has 1 amide bonds. The predicted octanol–water partition coefficient (Wildman–Crippen LogP) is 3.12. The van der Waals surface area contributed by atoms with Gasteiger partial charge in [0.25, 0.3) is 0 Å². The Labute approximate surface area is 199 Å². The standard InChI is InChI=1S/C21H41N7O.HI/c1-7-10-11-17(8-2)14-23-20(24-15-19(29)26-21(4,5)6)22-12-13-28-16-25-27-18(28)9-3;/h16-17H,7-15H2,1-6H3,(H,26,29)(H2,22,23,24);1H. The number of unbranched alkanes of at least 4 members (excludes halogenated alkanes) is 1. The first-order chi connectivity index (χ1) is 13.8. The van der Waals surface area contributed by atoms with Crippen LogP contribution in [0.25, 0.3) is 0 Å². The molecule has 1 rings (SSSR count). The lowest BCUT2D eigenvalue weighted by molar-refractivity contribution is -0.121. The summed E-state index contributed by atoms with van der Waals surface area (Å²) in [5.41, 5.74) is -0.258. The van der Waals surface area contributed by atoms with E-state index in [1.54, 1.807) is 6.33 Å². The lowest BCUT2D eigenvalue weighted by Crippen LogP contribution is -2.44. The van der Waals surface area contributed by atoms with Crippen molar-refractivity contribution in [3.8, 4) is 0 Å². The molecule has 0 spiro atoms. The number of aryl methyl sites for hydroxylation is 1. The van der Waals surface area contributed by atoms with Crippen molar-refractivity contribution < 1.29 is 4.79 Å². The SMILES string of the molecule is CCCCC(CC)CNC(=NCC(=O)NC(C)(C)C)NCCn1cnnc1CC.I.